The highest BCUT2D eigenvalue weighted by Gasteiger charge is 2.42. The van der Waals surface area contributed by atoms with E-state index in [2.05, 4.69) is 18.9 Å². The largest absolute Gasteiger partial charge is 0.493 e. The van der Waals surface area contributed by atoms with E-state index in [0.717, 1.165) is 37.1 Å². The number of hydrogen-bond donors (Lipinski definition) is 1. The van der Waals surface area contributed by atoms with Crippen LogP contribution in [-0.2, 0) is 6.54 Å². The minimum absolute atomic E-state index is 0.0764. The molecule has 2 aliphatic carbocycles. The summed E-state index contributed by atoms with van der Waals surface area (Å²) < 4.78 is 11.5. The molecular weight excluding hydrogens is 338 g/mol. The normalized spacial score (nSPS) is 28.4. The summed E-state index contributed by atoms with van der Waals surface area (Å²) in [6, 6.07) is 4.37. The van der Waals surface area contributed by atoms with E-state index in [1.807, 2.05) is 12.1 Å². The number of rotatable bonds is 7. The molecule has 0 amide bonds. The Labute approximate surface area is 156 Å². The SMILES string of the molecule is CCCOc1c(CN(C)C2C[C@H]3CC(O)C[C@H]3C2)cc(Cl)cc1OC. The van der Waals surface area contributed by atoms with Crippen LogP contribution in [0.5, 0.6) is 11.5 Å². The van der Waals surface area contributed by atoms with Crippen LogP contribution in [0.15, 0.2) is 12.1 Å². The summed E-state index contributed by atoms with van der Waals surface area (Å²) in [5.74, 6) is 2.89. The third kappa shape index (κ3) is 4.24. The monoisotopic (exact) mass is 367 g/mol. The van der Waals surface area contributed by atoms with Gasteiger partial charge >= 0.3 is 0 Å². The summed E-state index contributed by atoms with van der Waals surface area (Å²) >= 11 is 6.29. The van der Waals surface area contributed by atoms with Crippen LogP contribution in [0.1, 0.15) is 44.6 Å². The van der Waals surface area contributed by atoms with E-state index in [0.29, 0.717) is 35.3 Å². The number of fused-ring (bicyclic) bond motifs is 1. The van der Waals surface area contributed by atoms with Crippen LogP contribution >= 0.6 is 11.6 Å². The third-order valence-electron chi connectivity index (χ3n) is 5.78. The number of aliphatic hydroxyl groups excluding tert-OH is 1. The van der Waals surface area contributed by atoms with Crippen molar-refractivity contribution in [1.82, 2.24) is 4.90 Å². The van der Waals surface area contributed by atoms with E-state index in [9.17, 15) is 5.11 Å². The van der Waals surface area contributed by atoms with Gasteiger partial charge in [-0.15, -0.1) is 0 Å². The predicted molar refractivity (Wildman–Crippen MR) is 100 cm³/mol. The smallest absolute Gasteiger partial charge is 0.165 e. The van der Waals surface area contributed by atoms with Crippen molar-refractivity contribution in [2.24, 2.45) is 11.8 Å². The van der Waals surface area contributed by atoms with Gasteiger partial charge in [-0.3, -0.25) is 4.90 Å². The quantitative estimate of drug-likeness (QED) is 0.787. The van der Waals surface area contributed by atoms with E-state index in [1.165, 1.54) is 12.8 Å². The van der Waals surface area contributed by atoms with Crippen LogP contribution in [0.4, 0.5) is 0 Å². The maximum atomic E-state index is 9.84. The first kappa shape index (κ1) is 18.8. The summed E-state index contributed by atoms with van der Waals surface area (Å²) in [6.07, 6.45) is 5.19. The second-order valence-electron chi connectivity index (χ2n) is 7.63. The number of benzene rings is 1. The number of nitrogens with zero attached hydrogens (tertiary/aromatic N) is 1. The standard InChI is InChI=1S/C20H30ClNO3/c1-4-5-25-20-15(6-16(21)11-19(20)24-3)12-22(2)17-7-13-9-18(23)10-14(13)8-17/h6,11,13-14,17-18,23H,4-5,7-10,12H2,1-3H3/t13-,14+,17?,18?. The Morgan fingerprint density at radius 1 is 1.20 bits per heavy atom. The number of methoxy groups -OCH3 is 1. The van der Waals surface area contributed by atoms with Crippen LogP contribution in [0, 0.1) is 11.8 Å². The van der Waals surface area contributed by atoms with E-state index in [-0.39, 0.29) is 6.10 Å². The summed E-state index contributed by atoms with van der Waals surface area (Å²) in [4.78, 5) is 2.41. The molecule has 1 aromatic carbocycles. The molecule has 1 aromatic rings. The lowest BCUT2D eigenvalue weighted by atomic mass is 10.0. The summed E-state index contributed by atoms with van der Waals surface area (Å²) in [5.41, 5.74) is 1.08. The highest BCUT2D eigenvalue weighted by atomic mass is 35.5. The van der Waals surface area contributed by atoms with Crippen molar-refractivity contribution in [2.75, 3.05) is 20.8 Å². The molecule has 2 aliphatic rings. The predicted octanol–water partition coefficient (Wildman–Crippen LogP) is 4.12. The van der Waals surface area contributed by atoms with Gasteiger partial charge in [0.15, 0.2) is 11.5 Å². The van der Waals surface area contributed by atoms with Crippen molar-refractivity contribution in [3.8, 4) is 11.5 Å². The molecule has 0 aromatic heterocycles. The van der Waals surface area contributed by atoms with Crippen LogP contribution < -0.4 is 9.47 Å². The molecule has 4 atom stereocenters. The van der Waals surface area contributed by atoms with Crippen LogP contribution in [-0.4, -0.2) is 42.9 Å². The van der Waals surface area contributed by atoms with Crippen molar-refractivity contribution >= 4 is 11.6 Å². The fraction of sp³-hybridized carbons (Fsp3) is 0.700. The zero-order chi connectivity index (χ0) is 18.0. The van der Waals surface area contributed by atoms with E-state index in [4.69, 9.17) is 21.1 Å². The van der Waals surface area contributed by atoms with Crippen molar-refractivity contribution in [1.29, 1.82) is 0 Å². The Morgan fingerprint density at radius 2 is 1.88 bits per heavy atom. The van der Waals surface area contributed by atoms with Gasteiger partial charge in [0.05, 0.1) is 19.8 Å². The molecule has 0 aliphatic heterocycles. The topological polar surface area (TPSA) is 41.9 Å². The van der Waals surface area contributed by atoms with Gasteiger partial charge in [0.1, 0.15) is 0 Å². The van der Waals surface area contributed by atoms with Crippen LogP contribution in [0.2, 0.25) is 5.02 Å². The van der Waals surface area contributed by atoms with Crippen molar-refractivity contribution in [2.45, 2.75) is 57.7 Å². The maximum absolute atomic E-state index is 9.84. The summed E-state index contributed by atoms with van der Waals surface area (Å²) in [7, 11) is 3.83. The fourth-order valence-electron chi connectivity index (χ4n) is 4.57. The minimum Gasteiger partial charge on any atom is -0.493 e. The van der Waals surface area contributed by atoms with Gasteiger partial charge in [-0.05, 0) is 57.1 Å². The first-order chi connectivity index (χ1) is 12.0. The Morgan fingerprint density at radius 3 is 2.48 bits per heavy atom. The van der Waals surface area contributed by atoms with E-state index in [1.54, 1.807) is 7.11 Å². The molecule has 4 nitrogen and oxygen atoms in total. The van der Waals surface area contributed by atoms with Crippen LogP contribution in [0.25, 0.3) is 0 Å². The second kappa shape index (κ2) is 8.15. The molecule has 0 bridgehead atoms. The molecule has 0 heterocycles. The van der Waals surface area contributed by atoms with Crippen molar-refractivity contribution in [3.05, 3.63) is 22.7 Å². The third-order valence-corrected chi connectivity index (χ3v) is 5.99. The molecule has 2 unspecified atom stereocenters. The molecule has 140 valence electrons. The average Bonchev–Trinajstić information content (AvgIpc) is 3.10. The minimum atomic E-state index is -0.0764. The van der Waals surface area contributed by atoms with Gasteiger partial charge in [-0.1, -0.05) is 18.5 Å². The summed E-state index contributed by atoms with van der Waals surface area (Å²) in [5, 5.41) is 10.5. The Balaban J connectivity index is 1.72. The molecule has 0 radical (unpaired) electrons. The van der Waals surface area contributed by atoms with Gasteiger partial charge < -0.3 is 14.6 Å². The van der Waals surface area contributed by atoms with Crippen molar-refractivity contribution in [3.63, 3.8) is 0 Å². The highest BCUT2D eigenvalue weighted by Crippen LogP contribution is 2.46. The highest BCUT2D eigenvalue weighted by molar-refractivity contribution is 6.30. The van der Waals surface area contributed by atoms with Crippen LogP contribution in [0.3, 0.4) is 0 Å². The molecule has 2 saturated carbocycles. The lowest BCUT2D eigenvalue weighted by Gasteiger charge is -2.27. The lowest BCUT2D eigenvalue weighted by molar-refractivity contribution is 0.157. The van der Waals surface area contributed by atoms with Gasteiger partial charge in [-0.2, -0.15) is 0 Å². The number of aliphatic hydroxyl groups is 1. The second-order valence-corrected chi connectivity index (χ2v) is 8.07. The lowest BCUT2D eigenvalue weighted by Crippen LogP contribution is -2.30. The molecule has 1 N–H and O–H groups in total. The van der Waals surface area contributed by atoms with E-state index >= 15 is 0 Å². The average molecular weight is 368 g/mol. The molecular formula is C20H30ClNO3. The molecule has 2 fully saturated rings. The Kier molecular flexibility index (Phi) is 6.13. The zero-order valence-corrected chi connectivity index (χ0v) is 16.3. The van der Waals surface area contributed by atoms with Gasteiger partial charge in [-0.25, -0.2) is 0 Å². The molecule has 0 spiro atoms. The molecule has 0 saturated heterocycles. The fourth-order valence-corrected chi connectivity index (χ4v) is 4.80. The number of hydrogen-bond acceptors (Lipinski definition) is 4. The summed E-state index contributed by atoms with van der Waals surface area (Å²) in [6.45, 7) is 3.56. The Bertz CT molecular complexity index is 581. The number of halogens is 1. The zero-order valence-electron chi connectivity index (χ0n) is 15.5. The molecule has 25 heavy (non-hydrogen) atoms. The Hall–Kier alpha value is -0.970. The van der Waals surface area contributed by atoms with Crippen molar-refractivity contribution < 1.29 is 14.6 Å². The first-order valence-corrected chi connectivity index (χ1v) is 9.77. The van der Waals surface area contributed by atoms with Gasteiger partial charge in [0.25, 0.3) is 0 Å². The molecule has 5 heteroatoms. The van der Waals surface area contributed by atoms with E-state index < -0.39 is 0 Å². The van der Waals surface area contributed by atoms with Gasteiger partial charge in [0, 0.05) is 29.2 Å². The maximum Gasteiger partial charge on any atom is 0.165 e. The first-order valence-electron chi connectivity index (χ1n) is 9.39. The molecule has 3 rings (SSSR count). The number of ether oxygens (including phenoxy) is 2. The van der Waals surface area contributed by atoms with Gasteiger partial charge in [0.2, 0.25) is 0 Å².